The number of ether oxygens (including phenoxy) is 2. The summed E-state index contributed by atoms with van der Waals surface area (Å²) in [7, 11) is -3.91. The lowest BCUT2D eigenvalue weighted by atomic mass is 10.0. The maximum atomic E-state index is 13.7. The summed E-state index contributed by atoms with van der Waals surface area (Å²) in [5.41, 5.74) is 2.07. The molecule has 0 aromatic heterocycles. The Morgan fingerprint density at radius 3 is 2.41 bits per heavy atom. The molecule has 1 aliphatic heterocycles. The highest BCUT2D eigenvalue weighted by molar-refractivity contribution is 7.92. The smallest absolute Gasteiger partial charge is 0.307 e. The summed E-state index contributed by atoms with van der Waals surface area (Å²) >= 11 is 0. The van der Waals surface area contributed by atoms with Crippen molar-refractivity contribution in [2.24, 2.45) is 11.8 Å². The molecular formula is C26H35NO6S. The number of nitrogens with zero attached hydrogens (tertiary/aromatic N) is 1. The second kappa shape index (κ2) is 11.7. The molecular weight excluding hydrogens is 454 g/mol. The molecule has 0 amide bonds. The van der Waals surface area contributed by atoms with Gasteiger partial charge in [0.25, 0.3) is 10.0 Å². The number of hydrogen-bond donors (Lipinski definition) is 1. The second-order valence-corrected chi connectivity index (χ2v) is 11.0. The zero-order valence-corrected chi connectivity index (χ0v) is 21.0. The number of sulfonamides is 1. The predicted molar refractivity (Wildman–Crippen MR) is 132 cm³/mol. The first-order chi connectivity index (χ1) is 16.2. The van der Waals surface area contributed by atoms with Crippen molar-refractivity contribution >= 4 is 21.7 Å². The molecule has 0 unspecified atom stereocenters. The number of carboxylic acid groups (broad SMARTS) is 1. The van der Waals surface area contributed by atoms with E-state index in [0.717, 1.165) is 24.8 Å². The SMILES string of the molecule is CCc1ccc(N(CC(C)C)S(=O)(=O)c2ccc(OCC3CCOCC3)c(CC(=O)O)c2)cc1. The monoisotopic (exact) mass is 489 g/mol. The van der Waals surface area contributed by atoms with Crippen LogP contribution in [0.2, 0.25) is 0 Å². The number of carboxylic acids is 1. The van der Waals surface area contributed by atoms with Gasteiger partial charge in [0.2, 0.25) is 0 Å². The Kier molecular flexibility index (Phi) is 8.97. The van der Waals surface area contributed by atoms with Crippen LogP contribution in [-0.2, 0) is 32.4 Å². The van der Waals surface area contributed by atoms with Gasteiger partial charge in [0.05, 0.1) is 23.6 Å². The maximum Gasteiger partial charge on any atom is 0.307 e. The van der Waals surface area contributed by atoms with Crippen LogP contribution in [0.3, 0.4) is 0 Å². The molecule has 1 saturated heterocycles. The van der Waals surface area contributed by atoms with Crippen LogP contribution in [0.1, 0.15) is 44.7 Å². The van der Waals surface area contributed by atoms with E-state index in [9.17, 15) is 18.3 Å². The fourth-order valence-corrected chi connectivity index (χ4v) is 5.66. The Balaban J connectivity index is 1.92. The molecule has 3 rings (SSSR count). The third kappa shape index (κ3) is 6.73. The molecule has 2 aromatic carbocycles. The number of carbonyl (C=O) groups is 1. The molecule has 8 heteroatoms. The molecule has 0 radical (unpaired) electrons. The Morgan fingerprint density at radius 1 is 1.15 bits per heavy atom. The lowest BCUT2D eigenvalue weighted by Crippen LogP contribution is -2.34. The molecule has 2 aromatic rings. The van der Waals surface area contributed by atoms with Gasteiger partial charge in [-0.25, -0.2) is 8.42 Å². The Labute approximate surface area is 202 Å². The fraction of sp³-hybridized carbons (Fsp3) is 0.500. The molecule has 34 heavy (non-hydrogen) atoms. The summed E-state index contributed by atoms with van der Waals surface area (Å²) in [5, 5.41) is 9.43. The quantitative estimate of drug-likeness (QED) is 0.498. The number of anilines is 1. The van der Waals surface area contributed by atoms with Crippen LogP contribution < -0.4 is 9.04 Å². The van der Waals surface area contributed by atoms with Crippen LogP contribution in [0.5, 0.6) is 5.75 Å². The van der Waals surface area contributed by atoms with Crippen molar-refractivity contribution in [3.05, 3.63) is 53.6 Å². The van der Waals surface area contributed by atoms with E-state index in [1.54, 1.807) is 6.07 Å². The first-order valence-corrected chi connectivity index (χ1v) is 13.3. The number of rotatable bonds is 11. The highest BCUT2D eigenvalue weighted by atomic mass is 32.2. The Bertz CT molecular complexity index is 1060. The molecule has 7 nitrogen and oxygen atoms in total. The van der Waals surface area contributed by atoms with Crippen molar-refractivity contribution in [3.63, 3.8) is 0 Å². The van der Waals surface area contributed by atoms with Gasteiger partial charge in [0.1, 0.15) is 5.75 Å². The summed E-state index contributed by atoms with van der Waals surface area (Å²) in [6.45, 7) is 8.12. The normalized spacial score (nSPS) is 14.8. The highest BCUT2D eigenvalue weighted by Gasteiger charge is 2.27. The van der Waals surface area contributed by atoms with Gasteiger partial charge in [-0.3, -0.25) is 9.10 Å². The maximum absolute atomic E-state index is 13.7. The molecule has 0 atom stereocenters. The van der Waals surface area contributed by atoms with Gasteiger partial charge < -0.3 is 14.6 Å². The number of hydrogen-bond acceptors (Lipinski definition) is 5. The minimum atomic E-state index is -3.91. The van der Waals surface area contributed by atoms with Crippen LogP contribution in [0.15, 0.2) is 47.4 Å². The van der Waals surface area contributed by atoms with Crippen LogP contribution in [0.4, 0.5) is 5.69 Å². The molecule has 0 aliphatic carbocycles. The van der Waals surface area contributed by atoms with Crippen LogP contribution in [0, 0.1) is 11.8 Å². The zero-order valence-electron chi connectivity index (χ0n) is 20.2. The van der Waals surface area contributed by atoms with Gasteiger partial charge in [0.15, 0.2) is 0 Å². The minimum absolute atomic E-state index is 0.0578. The first-order valence-electron chi connectivity index (χ1n) is 11.9. The first kappa shape index (κ1) is 26.0. The van der Waals surface area contributed by atoms with Gasteiger partial charge >= 0.3 is 5.97 Å². The van der Waals surface area contributed by atoms with Crippen molar-refractivity contribution in [1.82, 2.24) is 0 Å². The van der Waals surface area contributed by atoms with Crippen LogP contribution in [0.25, 0.3) is 0 Å². The van der Waals surface area contributed by atoms with Crippen molar-refractivity contribution in [3.8, 4) is 5.75 Å². The lowest BCUT2D eigenvalue weighted by molar-refractivity contribution is -0.136. The van der Waals surface area contributed by atoms with Gasteiger partial charge in [-0.15, -0.1) is 0 Å². The standard InChI is InChI=1S/C26H35NO6S/c1-4-20-5-7-23(8-6-20)27(17-19(2)3)34(30,31)24-9-10-25(22(15-24)16-26(28)29)33-18-21-11-13-32-14-12-21/h5-10,15,19,21H,4,11-14,16-18H2,1-3H3,(H,28,29). The van der Waals surface area contributed by atoms with Gasteiger partial charge in [-0.2, -0.15) is 0 Å². The van der Waals surface area contributed by atoms with Crippen molar-refractivity contribution in [2.45, 2.75) is 51.3 Å². The molecule has 1 heterocycles. The van der Waals surface area contributed by atoms with Crippen LogP contribution in [-0.4, -0.2) is 45.9 Å². The zero-order chi connectivity index (χ0) is 24.7. The molecule has 186 valence electrons. The predicted octanol–water partition coefficient (Wildman–Crippen LogP) is 4.53. The van der Waals surface area contributed by atoms with Gasteiger partial charge in [-0.05, 0) is 67.0 Å². The van der Waals surface area contributed by atoms with E-state index in [2.05, 4.69) is 0 Å². The number of benzene rings is 2. The van der Waals surface area contributed by atoms with Crippen molar-refractivity contribution in [2.75, 3.05) is 30.7 Å². The van der Waals surface area contributed by atoms with E-state index >= 15 is 0 Å². The van der Waals surface area contributed by atoms with E-state index in [1.807, 2.05) is 45.0 Å². The highest BCUT2D eigenvalue weighted by Crippen LogP contribution is 2.30. The van der Waals surface area contributed by atoms with E-state index < -0.39 is 16.0 Å². The average molecular weight is 490 g/mol. The summed E-state index contributed by atoms with van der Waals surface area (Å²) in [6.07, 6.45) is 2.33. The van der Waals surface area contributed by atoms with Crippen molar-refractivity contribution in [1.29, 1.82) is 0 Å². The van der Waals surface area contributed by atoms with E-state index in [0.29, 0.717) is 49.3 Å². The molecule has 1 N–H and O–H groups in total. The largest absolute Gasteiger partial charge is 0.493 e. The van der Waals surface area contributed by atoms with E-state index in [-0.39, 0.29) is 17.2 Å². The van der Waals surface area contributed by atoms with Gasteiger partial charge in [0, 0.05) is 25.3 Å². The third-order valence-electron chi connectivity index (χ3n) is 5.94. The molecule has 1 aliphatic rings. The Morgan fingerprint density at radius 2 is 1.82 bits per heavy atom. The summed E-state index contributed by atoms with van der Waals surface area (Å²) < 4.78 is 40.1. The minimum Gasteiger partial charge on any atom is -0.493 e. The Hall–Kier alpha value is -2.58. The van der Waals surface area contributed by atoms with Gasteiger partial charge in [-0.1, -0.05) is 32.9 Å². The number of aryl methyl sites for hydroxylation is 1. The molecule has 0 bridgehead atoms. The topological polar surface area (TPSA) is 93.1 Å². The third-order valence-corrected chi connectivity index (χ3v) is 7.73. The number of aliphatic carboxylic acids is 1. The molecule has 0 saturated carbocycles. The van der Waals surface area contributed by atoms with Crippen LogP contribution >= 0.6 is 0 Å². The van der Waals surface area contributed by atoms with Crippen molar-refractivity contribution < 1.29 is 27.8 Å². The second-order valence-electron chi connectivity index (χ2n) is 9.16. The summed E-state index contributed by atoms with van der Waals surface area (Å²) in [6, 6.07) is 12.0. The van der Waals surface area contributed by atoms with E-state index in [4.69, 9.17) is 9.47 Å². The molecule has 1 fully saturated rings. The average Bonchev–Trinajstić information content (AvgIpc) is 2.82. The fourth-order valence-electron chi connectivity index (χ4n) is 3.98. The summed E-state index contributed by atoms with van der Waals surface area (Å²) in [5.74, 6) is -0.195. The lowest BCUT2D eigenvalue weighted by Gasteiger charge is -2.27. The molecule has 0 spiro atoms. The van der Waals surface area contributed by atoms with E-state index in [1.165, 1.54) is 16.4 Å². The summed E-state index contributed by atoms with van der Waals surface area (Å²) in [4.78, 5) is 11.6.